The number of hydrogen-bond acceptors (Lipinski definition) is 3. The molecule has 1 N–H and O–H groups in total. The van der Waals surface area contributed by atoms with Gasteiger partial charge >= 0.3 is 0 Å². The molecule has 0 bridgehead atoms. The van der Waals surface area contributed by atoms with E-state index in [9.17, 15) is 4.39 Å². The summed E-state index contributed by atoms with van der Waals surface area (Å²) in [5.41, 5.74) is 1.88. The van der Waals surface area contributed by atoms with E-state index >= 15 is 0 Å². The lowest BCUT2D eigenvalue weighted by Crippen LogP contribution is -2.32. The first-order chi connectivity index (χ1) is 11.6. The highest BCUT2D eigenvalue weighted by atomic mass is 35.5. The molecule has 0 spiro atoms. The Bertz CT molecular complexity index is 788. The van der Waals surface area contributed by atoms with Crippen LogP contribution >= 0.6 is 23.2 Å². The van der Waals surface area contributed by atoms with Gasteiger partial charge in [0, 0.05) is 41.4 Å². The van der Waals surface area contributed by atoms with Crippen LogP contribution in [-0.4, -0.2) is 19.1 Å². The van der Waals surface area contributed by atoms with Crippen LogP contribution < -0.4 is 10.2 Å². The van der Waals surface area contributed by atoms with E-state index in [0.29, 0.717) is 22.6 Å². The van der Waals surface area contributed by atoms with Gasteiger partial charge in [-0.25, -0.2) is 4.39 Å². The maximum atomic E-state index is 13.8. The third kappa shape index (κ3) is 3.81. The number of hydrogen-bond donors (Lipinski definition) is 1. The number of rotatable bonds is 4. The summed E-state index contributed by atoms with van der Waals surface area (Å²) in [4.78, 5) is 2.12. The molecule has 1 saturated heterocycles. The predicted octanol–water partition coefficient (Wildman–Crippen LogP) is 4.37. The Kier molecular flexibility index (Phi) is 5.25. The van der Waals surface area contributed by atoms with Gasteiger partial charge in [-0.1, -0.05) is 29.3 Å². The predicted molar refractivity (Wildman–Crippen MR) is 95.0 cm³/mol. The number of nitriles is 1. The van der Waals surface area contributed by atoms with Crippen molar-refractivity contribution in [2.75, 3.05) is 18.0 Å². The quantitative estimate of drug-likeness (QED) is 0.876. The zero-order valence-electron chi connectivity index (χ0n) is 12.9. The van der Waals surface area contributed by atoms with Gasteiger partial charge < -0.3 is 10.2 Å². The average molecular weight is 364 g/mol. The molecule has 3 nitrogen and oxygen atoms in total. The van der Waals surface area contributed by atoms with Gasteiger partial charge in [0.2, 0.25) is 0 Å². The van der Waals surface area contributed by atoms with Crippen molar-refractivity contribution in [3.05, 3.63) is 63.4 Å². The lowest BCUT2D eigenvalue weighted by Gasteiger charge is -2.19. The first-order valence-corrected chi connectivity index (χ1v) is 8.44. The van der Waals surface area contributed by atoms with E-state index in [1.807, 2.05) is 18.2 Å². The van der Waals surface area contributed by atoms with Crippen LogP contribution in [0.15, 0.2) is 36.4 Å². The maximum absolute atomic E-state index is 13.8. The molecule has 0 radical (unpaired) electrons. The number of nitrogens with zero attached hydrogens (tertiary/aromatic N) is 2. The largest absolute Gasteiger partial charge is 0.370 e. The Morgan fingerprint density at radius 2 is 2.08 bits per heavy atom. The highest BCUT2D eigenvalue weighted by Gasteiger charge is 2.23. The fourth-order valence-corrected chi connectivity index (χ4v) is 3.35. The topological polar surface area (TPSA) is 39.1 Å². The Morgan fingerprint density at radius 3 is 2.79 bits per heavy atom. The molecule has 2 aromatic rings. The van der Waals surface area contributed by atoms with Crippen molar-refractivity contribution in [2.45, 2.75) is 19.0 Å². The second-order valence-electron chi connectivity index (χ2n) is 5.82. The van der Waals surface area contributed by atoms with Crippen molar-refractivity contribution in [3.8, 4) is 6.07 Å². The van der Waals surface area contributed by atoms with E-state index in [1.54, 1.807) is 12.1 Å². The number of nitrogens with one attached hydrogen (secondary N) is 1. The molecule has 2 aromatic carbocycles. The van der Waals surface area contributed by atoms with Crippen molar-refractivity contribution in [2.24, 2.45) is 0 Å². The van der Waals surface area contributed by atoms with Crippen molar-refractivity contribution in [1.29, 1.82) is 5.26 Å². The standard InChI is InChI=1S/C18H16Cl2FN3/c19-14-3-1-13(17(20)7-14)10-23-15-5-6-24(11-15)16-4-2-12(9-22)18(21)8-16/h1-4,7-8,15,23H,5-6,10-11H2. The molecular weight excluding hydrogens is 348 g/mol. The number of halogens is 3. The van der Waals surface area contributed by atoms with Gasteiger partial charge in [0.15, 0.2) is 0 Å². The second-order valence-corrected chi connectivity index (χ2v) is 6.67. The molecule has 1 fully saturated rings. The minimum absolute atomic E-state index is 0.0741. The fraction of sp³-hybridized carbons (Fsp3) is 0.278. The molecule has 0 aliphatic carbocycles. The van der Waals surface area contributed by atoms with E-state index in [4.69, 9.17) is 28.5 Å². The highest BCUT2D eigenvalue weighted by Crippen LogP contribution is 2.24. The van der Waals surface area contributed by atoms with Crippen LogP contribution in [0.1, 0.15) is 17.5 Å². The van der Waals surface area contributed by atoms with Crippen LogP contribution in [-0.2, 0) is 6.54 Å². The van der Waals surface area contributed by atoms with Crippen LogP contribution in [0.3, 0.4) is 0 Å². The van der Waals surface area contributed by atoms with Gasteiger partial charge in [0.25, 0.3) is 0 Å². The zero-order valence-corrected chi connectivity index (χ0v) is 14.4. The molecule has 0 amide bonds. The Labute approximate surface area is 150 Å². The molecule has 1 aliphatic rings. The van der Waals surface area contributed by atoms with Crippen LogP contribution in [0.5, 0.6) is 0 Å². The minimum atomic E-state index is -0.473. The third-order valence-electron chi connectivity index (χ3n) is 4.22. The van der Waals surface area contributed by atoms with E-state index in [-0.39, 0.29) is 5.56 Å². The minimum Gasteiger partial charge on any atom is -0.370 e. The Balaban J connectivity index is 1.59. The monoisotopic (exact) mass is 363 g/mol. The van der Waals surface area contributed by atoms with Crippen molar-refractivity contribution in [1.82, 2.24) is 5.32 Å². The summed E-state index contributed by atoms with van der Waals surface area (Å²) in [6.07, 6.45) is 0.965. The molecule has 1 aliphatic heterocycles. The first kappa shape index (κ1) is 17.0. The van der Waals surface area contributed by atoms with Crippen LogP contribution in [0.2, 0.25) is 10.0 Å². The number of anilines is 1. The highest BCUT2D eigenvalue weighted by molar-refractivity contribution is 6.35. The zero-order chi connectivity index (χ0) is 17.1. The molecule has 24 heavy (non-hydrogen) atoms. The van der Waals surface area contributed by atoms with E-state index in [0.717, 1.165) is 30.8 Å². The average Bonchev–Trinajstić information content (AvgIpc) is 3.03. The van der Waals surface area contributed by atoms with Crippen molar-refractivity contribution >= 4 is 28.9 Å². The summed E-state index contributed by atoms with van der Waals surface area (Å²) in [5.74, 6) is -0.473. The molecular formula is C18H16Cl2FN3. The van der Waals surface area contributed by atoms with Crippen LogP contribution in [0.25, 0.3) is 0 Å². The summed E-state index contributed by atoms with van der Waals surface area (Å²) >= 11 is 12.1. The van der Waals surface area contributed by atoms with Crippen LogP contribution in [0, 0.1) is 17.1 Å². The van der Waals surface area contributed by atoms with Crippen molar-refractivity contribution in [3.63, 3.8) is 0 Å². The lowest BCUT2D eigenvalue weighted by molar-refractivity contribution is 0.551. The molecule has 0 saturated carbocycles. The summed E-state index contributed by atoms with van der Waals surface area (Å²) < 4.78 is 13.8. The molecule has 3 rings (SSSR count). The van der Waals surface area contributed by atoms with E-state index < -0.39 is 5.82 Å². The molecule has 0 aromatic heterocycles. The van der Waals surface area contributed by atoms with Gasteiger partial charge in [-0.05, 0) is 42.3 Å². The summed E-state index contributed by atoms with van der Waals surface area (Å²) in [6.45, 7) is 2.30. The normalized spacial score (nSPS) is 17.1. The molecule has 124 valence electrons. The molecule has 1 atom stereocenters. The summed E-state index contributed by atoms with van der Waals surface area (Å²) in [5, 5.41) is 13.6. The fourth-order valence-electron chi connectivity index (χ4n) is 2.87. The second kappa shape index (κ2) is 7.40. The van der Waals surface area contributed by atoms with Gasteiger partial charge in [0.05, 0.1) is 5.56 Å². The Hall–Kier alpha value is -1.80. The number of benzene rings is 2. The SMILES string of the molecule is N#Cc1ccc(N2CCC(NCc3ccc(Cl)cc3Cl)C2)cc1F. The first-order valence-electron chi connectivity index (χ1n) is 7.68. The molecule has 1 unspecified atom stereocenters. The van der Waals surface area contributed by atoms with Gasteiger partial charge in [0.1, 0.15) is 11.9 Å². The third-order valence-corrected chi connectivity index (χ3v) is 4.81. The Morgan fingerprint density at radius 1 is 1.25 bits per heavy atom. The van der Waals surface area contributed by atoms with Crippen molar-refractivity contribution < 1.29 is 4.39 Å². The van der Waals surface area contributed by atoms with Crippen LogP contribution in [0.4, 0.5) is 10.1 Å². The molecule has 1 heterocycles. The van der Waals surface area contributed by atoms with Gasteiger partial charge in [-0.15, -0.1) is 0 Å². The van der Waals surface area contributed by atoms with E-state index in [1.165, 1.54) is 12.1 Å². The van der Waals surface area contributed by atoms with Gasteiger partial charge in [-0.2, -0.15) is 5.26 Å². The van der Waals surface area contributed by atoms with E-state index in [2.05, 4.69) is 10.2 Å². The summed E-state index contributed by atoms with van der Waals surface area (Å²) in [6, 6.07) is 12.4. The molecule has 6 heteroatoms. The smallest absolute Gasteiger partial charge is 0.143 e. The maximum Gasteiger partial charge on any atom is 0.143 e. The lowest BCUT2D eigenvalue weighted by atomic mass is 10.2. The van der Waals surface area contributed by atoms with Gasteiger partial charge in [-0.3, -0.25) is 0 Å². The summed E-state index contributed by atoms with van der Waals surface area (Å²) in [7, 11) is 0.